The van der Waals surface area contributed by atoms with Gasteiger partial charge in [0.1, 0.15) is 10.7 Å². The molecule has 0 amide bonds. The molecule has 0 radical (unpaired) electrons. The van der Waals surface area contributed by atoms with Crippen LogP contribution in [-0.2, 0) is 0 Å². The summed E-state index contributed by atoms with van der Waals surface area (Å²) in [5.41, 5.74) is 11.6. The van der Waals surface area contributed by atoms with Gasteiger partial charge in [0.05, 0.1) is 0 Å². The monoisotopic (exact) mass is 328 g/mol. The van der Waals surface area contributed by atoms with E-state index in [1.165, 1.54) is 5.56 Å². The Kier molecular flexibility index (Phi) is 5.57. The van der Waals surface area contributed by atoms with Crippen molar-refractivity contribution in [1.82, 2.24) is 5.43 Å². The lowest BCUT2D eigenvalue weighted by Gasteiger charge is -2.11. The minimum Gasteiger partial charge on any atom is -0.375 e. The number of rotatable bonds is 4. The number of aryl methyl sites for hydroxylation is 1. The van der Waals surface area contributed by atoms with Gasteiger partial charge in [0.2, 0.25) is 0 Å². The fourth-order valence-corrected chi connectivity index (χ4v) is 2.11. The van der Waals surface area contributed by atoms with Gasteiger partial charge in [0.25, 0.3) is 0 Å². The van der Waals surface area contributed by atoms with E-state index in [0.717, 1.165) is 11.3 Å². The Labute approximate surface area is 140 Å². The summed E-state index contributed by atoms with van der Waals surface area (Å²) >= 11 is 10.2. The van der Waals surface area contributed by atoms with Gasteiger partial charge < -0.3 is 11.1 Å². The van der Waals surface area contributed by atoms with Crippen molar-refractivity contribution in [3.8, 4) is 0 Å². The van der Waals surface area contributed by atoms with Gasteiger partial charge in [-0.3, -0.25) is 5.43 Å². The van der Waals surface area contributed by atoms with Crippen molar-refractivity contribution in [2.24, 2.45) is 10.8 Å². The molecule has 0 saturated carbocycles. The maximum absolute atomic E-state index is 5.46. The molecule has 0 aliphatic rings. The van der Waals surface area contributed by atoms with Crippen molar-refractivity contribution >= 4 is 45.9 Å². The van der Waals surface area contributed by atoms with Crippen LogP contribution in [0, 0.1) is 6.92 Å². The highest BCUT2D eigenvalue weighted by Gasteiger charge is 2.10. The summed E-state index contributed by atoms with van der Waals surface area (Å²) in [4.78, 5) is 0.485. The number of hydrazone groups is 1. The number of hydrogen-bond acceptors (Lipinski definition) is 3. The molecule has 0 heterocycles. The number of nitrogens with two attached hydrogens (primary N) is 1. The molecule has 2 aromatic rings. The van der Waals surface area contributed by atoms with Gasteiger partial charge in [0, 0.05) is 11.3 Å². The molecule has 22 heavy (non-hydrogen) atoms. The smallest absolute Gasteiger partial charge is 0.184 e. The van der Waals surface area contributed by atoms with Gasteiger partial charge >= 0.3 is 0 Å². The number of benzene rings is 2. The average Bonchev–Trinajstić information content (AvgIpc) is 2.50. The first-order valence-electron chi connectivity index (χ1n) is 6.63. The molecule has 0 fully saturated rings. The van der Waals surface area contributed by atoms with E-state index in [-0.39, 0.29) is 5.11 Å². The quantitative estimate of drug-likeness (QED) is 0.457. The lowest BCUT2D eigenvalue weighted by molar-refractivity contribution is 1.04. The Morgan fingerprint density at radius 1 is 1.00 bits per heavy atom. The van der Waals surface area contributed by atoms with Crippen LogP contribution in [0.25, 0.3) is 0 Å². The largest absolute Gasteiger partial charge is 0.375 e. The molecule has 0 atom stereocenters. The van der Waals surface area contributed by atoms with Crippen LogP contribution in [0.3, 0.4) is 0 Å². The van der Waals surface area contributed by atoms with Gasteiger partial charge in [-0.2, -0.15) is 5.10 Å². The highest BCUT2D eigenvalue weighted by molar-refractivity contribution is 7.82. The Hall–Kier alpha value is -2.31. The zero-order valence-corrected chi connectivity index (χ0v) is 13.7. The summed E-state index contributed by atoms with van der Waals surface area (Å²) in [6, 6.07) is 17.6. The predicted molar refractivity (Wildman–Crippen MR) is 100 cm³/mol. The highest BCUT2D eigenvalue weighted by Crippen LogP contribution is 2.11. The van der Waals surface area contributed by atoms with Gasteiger partial charge in [-0.15, -0.1) is 0 Å². The van der Waals surface area contributed by atoms with Crippen molar-refractivity contribution in [3.05, 3.63) is 65.7 Å². The van der Waals surface area contributed by atoms with E-state index in [1.54, 1.807) is 0 Å². The molecule has 2 aromatic carbocycles. The molecular weight excluding hydrogens is 312 g/mol. The molecule has 0 aromatic heterocycles. The van der Waals surface area contributed by atoms with Gasteiger partial charge in [0.15, 0.2) is 5.11 Å². The summed E-state index contributed by atoms with van der Waals surface area (Å²) < 4.78 is 0. The van der Waals surface area contributed by atoms with E-state index in [9.17, 15) is 0 Å². The van der Waals surface area contributed by atoms with E-state index in [4.69, 9.17) is 30.2 Å². The molecule has 4 nitrogen and oxygen atoms in total. The number of nitrogens with zero attached hydrogens (tertiary/aromatic N) is 1. The Morgan fingerprint density at radius 2 is 1.64 bits per heavy atom. The van der Waals surface area contributed by atoms with Crippen LogP contribution in [-0.4, -0.2) is 15.8 Å². The third-order valence-corrected chi connectivity index (χ3v) is 3.24. The first-order chi connectivity index (χ1) is 10.6. The van der Waals surface area contributed by atoms with Crippen LogP contribution in [0.15, 0.2) is 59.7 Å². The maximum Gasteiger partial charge on any atom is 0.184 e. The van der Waals surface area contributed by atoms with Crippen molar-refractivity contribution in [1.29, 1.82) is 0 Å². The first-order valence-corrected chi connectivity index (χ1v) is 7.44. The Bertz CT molecular complexity index is 694. The predicted octanol–water partition coefficient (Wildman–Crippen LogP) is 2.97. The second-order valence-corrected chi connectivity index (χ2v) is 5.47. The van der Waals surface area contributed by atoms with Crippen LogP contribution >= 0.6 is 24.4 Å². The van der Waals surface area contributed by atoms with E-state index in [2.05, 4.69) is 15.8 Å². The second kappa shape index (κ2) is 7.63. The number of anilines is 1. The van der Waals surface area contributed by atoms with Crippen molar-refractivity contribution < 1.29 is 0 Å². The minimum absolute atomic E-state index is 0.0894. The molecule has 112 valence electrons. The van der Waals surface area contributed by atoms with Gasteiger partial charge in [-0.05, 0) is 31.3 Å². The molecule has 0 aliphatic heterocycles. The molecule has 0 unspecified atom stereocenters. The third kappa shape index (κ3) is 4.61. The van der Waals surface area contributed by atoms with Crippen LogP contribution in [0.2, 0.25) is 0 Å². The second-order valence-electron chi connectivity index (χ2n) is 4.62. The minimum atomic E-state index is 0.0894. The Morgan fingerprint density at radius 3 is 2.23 bits per heavy atom. The molecule has 0 bridgehead atoms. The number of thiocarbonyl (C=S) groups is 2. The summed E-state index contributed by atoms with van der Waals surface area (Å²) in [5.74, 6) is 0. The van der Waals surface area contributed by atoms with Crippen LogP contribution in [0.5, 0.6) is 0 Å². The standard InChI is InChI=1S/C16H16N4S2/c1-11-7-9-13(10-8-11)18-15(21)14(19-20-16(17)22)12-5-3-2-4-6-12/h2-10H,1H3,(H,18,21)(H3,17,20,22). The Balaban J connectivity index is 2.24. The maximum atomic E-state index is 5.46. The zero-order chi connectivity index (χ0) is 15.9. The van der Waals surface area contributed by atoms with Gasteiger partial charge in [-0.25, -0.2) is 0 Å². The summed E-state index contributed by atoms with van der Waals surface area (Å²) in [6.07, 6.45) is 0. The molecule has 4 N–H and O–H groups in total. The number of nitrogens with one attached hydrogen (secondary N) is 2. The van der Waals surface area contributed by atoms with Crippen molar-refractivity contribution in [3.63, 3.8) is 0 Å². The van der Waals surface area contributed by atoms with Crippen LogP contribution in [0.4, 0.5) is 5.69 Å². The van der Waals surface area contributed by atoms with Crippen molar-refractivity contribution in [2.75, 3.05) is 5.32 Å². The number of hydrogen-bond donors (Lipinski definition) is 3. The molecule has 6 heteroatoms. The molecule has 0 spiro atoms. The normalized spacial score (nSPS) is 10.9. The van der Waals surface area contributed by atoms with Crippen LogP contribution in [0.1, 0.15) is 11.1 Å². The molecule has 2 rings (SSSR count). The van der Waals surface area contributed by atoms with E-state index in [1.807, 2.05) is 61.5 Å². The van der Waals surface area contributed by atoms with Gasteiger partial charge in [-0.1, -0.05) is 60.2 Å². The lowest BCUT2D eigenvalue weighted by Crippen LogP contribution is -2.29. The fourth-order valence-electron chi connectivity index (χ4n) is 1.78. The van der Waals surface area contributed by atoms with E-state index in [0.29, 0.717) is 10.7 Å². The van der Waals surface area contributed by atoms with Crippen molar-refractivity contribution in [2.45, 2.75) is 6.92 Å². The average molecular weight is 328 g/mol. The summed E-state index contributed by atoms with van der Waals surface area (Å²) in [7, 11) is 0. The third-order valence-electron chi connectivity index (χ3n) is 2.85. The van der Waals surface area contributed by atoms with Crippen LogP contribution < -0.4 is 16.5 Å². The highest BCUT2D eigenvalue weighted by atomic mass is 32.1. The molecule has 0 saturated heterocycles. The SMILES string of the molecule is Cc1ccc(NC(=S)C(=NNC(N)=S)c2ccccc2)cc1. The zero-order valence-electron chi connectivity index (χ0n) is 12.0. The summed E-state index contributed by atoms with van der Waals surface area (Å²) in [6.45, 7) is 2.03. The molecular formula is C16H16N4S2. The lowest BCUT2D eigenvalue weighted by atomic mass is 10.1. The van der Waals surface area contributed by atoms with E-state index < -0.39 is 0 Å². The summed E-state index contributed by atoms with van der Waals surface area (Å²) in [5, 5.41) is 7.46. The topological polar surface area (TPSA) is 62.4 Å². The first kappa shape index (κ1) is 16.1. The fraction of sp³-hybridized carbons (Fsp3) is 0.0625. The molecule has 0 aliphatic carbocycles. The van der Waals surface area contributed by atoms with E-state index >= 15 is 0 Å².